The maximum absolute atomic E-state index is 14.7. The molecule has 0 aliphatic rings. The molecule has 3 aromatic rings. The topological polar surface area (TPSA) is 73.2 Å². The van der Waals surface area contributed by atoms with Crippen LogP contribution in [0.4, 0.5) is 8.78 Å². The number of carbonyl (C=O) groups excluding carboxylic acids is 1. The molecule has 1 heterocycles. The van der Waals surface area contributed by atoms with Crippen LogP contribution in [0.25, 0.3) is 11.1 Å². The molecule has 0 N–H and O–H groups in total. The van der Waals surface area contributed by atoms with E-state index in [1.165, 1.54) is 44.4 Å². The third-order valence-electron chi connectivity index (χ3n) is 4.80. The SMILES string of the molecule is CCS(=O)(=O)Cc1ccc(C(=O)c2ccc(F)cc2Cl)c(-c2cn(C)c(=O)cc2F)c1. The van der Waals surface area contributed by atoms with Gasteiger partial charge < -0.3 is 4.57 Å². The maximum atomic E-state index is 14.7. The van der Waals surface area contributed by atoms with Crippen molar-refractivity contribution in [1.29, 1.82) is 0 Å². The Morgan fingerprint density at radius 3 is 2.35 bits per heavy atom. The standard InChI is InChI=1S/C22H18ClF2NO4S/c1-3-31(29,30)12-13-4-6-15(22(28)16-7-5-14(24)9-19(16)23)17(8-13)18-11-26(2)21(27)10-20(18)25/h4-11H,3,12H2,1-2H3. The minimum atomic E-state index is -3.39. The predicted molar refractivity (Wildman–Crippen MR) is 115 cm³/mol. The second-order valence-corrected chi connectivity index (χ2v) is 9.75. The lowest BCUT2D eigenvalue weighted by Crippen LogP contribution is -2.17. The summed E-state index contributed by atoms with van der Waals surface area (Å²) in [6.07, 6.45) is 1.23. The van der Waals surface area contributed by atoms with Crippen LogP contribution in [0.5, 0.6) is 0 Å². The van der Waals surface area contributed by atoms with Crippen LogP contribution in [-0.4, -0.2) is 24.5 Å². The van der Waals surface area contributed by atoms with Gasteiger partial charge in [-0.3, -0.25) is 9.59 Å². The number of pyridine rings is 1. The molecule has 0 aliphatic carbocycles. The molecule has 0 amide bonds. The lowest BCUT2D eigenvalue weighted by atomic mass is 9.93. The number of carbonyl (C=O) groups is 1. The highest BCUT2D eigenvalue weighted by Gasteiger charge is 2.22. The molecule has 5 nitrogen and oxygen atoms in total. The molecule has 0 bridgehead atoms. The van der Waals surface area contributed by atoms with Crippen molar-refractivity contribution in [1.82, 2.24) is 4.57 Å². The summed E-state index contributed by atoms with van der Waals surface area (Å²) in [6.45, 7) is 1.51. The van der Waals surface area contributed by atoms with Gasteiger partial charge in [-0.1, -0.05) is 30.7 Å². The summed E-state index contributed by atoms with van der Waals surface area (Å²) in [5.41, 5.74) is -0.152. The fourth-order valence-electron chi connectivity index (χ4n) is 3.08. The first-order chi connectivity index (χ1) is 14.5. The number of benzene rings is 2. The van der Waals surface area contributed by atoms with Crippen LogP contribution in [0.15, 0.2) is 53.5 Å². The Balaban J connectivity index is 2.25. The van der Waals surface area contributed by atoms with Crippen LogP contribution in [0, 0.1) is 11.6 Å². The first-order valence-corrected chi connectivity index (χ1v) is 11.4. The summed E-state index contributed by atoms with van der Waals surface area (Å²) in [5, 5.41) is -0.116. The number of sulfone groups is 1. The van der Waals surface area contributed by atoms with Crippen molar-refractivity contribution >= 4 is 27.2 Å². The highest BCUT2D eigenvalue weighted by atomic mass is 35.5. The molecule has 0 unspecified atom stereocenters. The van der Waals surface area contributed by atoms with E-state index in [1.807, 2.05) is 0 Å². The summed E-state index contributed by atoms with van der Waals surface area (Å²) < 4.78 is 53.4. The van der Waals surface area contributed by atoms with Crippen LogP contribution in [0.2, 0.25) is 5.02 Å². The summed E-state index contributed by atoms with van der Waals surface area (Å²) in [5.74, 6) is -2.46. The van der Waals surface area contributed by atoms with Crippen LogP contribution in [0.1, 0.15) is 28.4 Å². The summed E-state index contributed by atoms with van der Waals surface area (Å²) in [6, 6.07) is 8.31. The molecule has 3 rings (SSSR count). The molecule has 0 radical (unpaired) electrons. The van der Waals surface area contributed by atoms with Gasteiger partial charge in [0.1, 0.15) is 11.6 Å². The van der Waals surface area contributed by atoms with Crippen LogP contribution in [0.3, 0.4) is 0 Å². The van der Waals surface area contributed by atoms with Crippen LogP contribution < -0.4 is 5.56 Å². The highest BCUT2D eigenvalue weighted by Crippen LogP contribution is 2.31. The first kappa shape index (κ1) is 22.8. The summed E-state index contributed by atoms with van der Waals surface area (Å²) in [4.78, 5) is 24.9. The largest absolute Gasteiger partial charge is 0.318 e. The van der Waals surface area contributed by atoms with Gasteiger partial charge in [-0.2, -0.15) is 0 Å². The van der Waals surface area contributed by atoms with Crippen molar-refractivity contribution in [2.75, 3.05) is 5.75 Å². The Labute approximate surface area is 182 Å². The van der Waals surface area contributed by atoms with E-state index in [9.17, 15) is 26.8 Å². The Bertz CT molecular complexity index is 1350. The van der Waals surface area contributed by atoms with Gasteiger partial charge in [0.25, 0.3) is 5.56 Å². The van der Waals surface area contributed by atoms with Gasteiger partial charge in [-0.05, 0) is 35.4 Å². The Morgan fingerprint density at radius 1 is 1.03 bits per heavy atom. The zero-order chi connectivity index (χ0) is 22.9. The Morgan fingerprint density at radius 2 is 1.71 bits per heavy atom. The van der Waals surface area contributed by atoms with Gasteiger partial charge in [0.15, 0.2) is 15.6 Å². The van der Waals surface area contributed by atoms with Crippen molar-refractivity contribution in [2.45, 2.75) is 12.7 Å². The van der Waals surface area contributed by atoms with E-state index >= 15 is 0 Å². The van der Waals surface area contributed by atoms with Gasteiger partial charge in [0, 0.05) is 41.8 Å². The van der Waals surface area contributed by atoms with E-state index in [0.717, 1.165) is 22.8 Å². The second-order valence-electron chi connectivity index (χ2n) is 6.99. The molecule has 162 valence electrons. The smallest absolute Gasteiger partial charge is 0.253 e. The monoisotopic (exact) mass is 465 g/mol. The molecule has 0 saturated heterocycles. The molecule has 31 heavy (non-hydrogen) atoms. The summed E-state index contributed by atoms with van der Waals surface area (Å²) >= 11 is 6.03. The van der Waals surface area contributed by atoms with Gasteiger partial charge >= 0.3 is 0 Å². The number of nitrogens with zero attached hydrogens (tertiary/aromatic N) is 1. The van der Waals surface area contributed by atoms with Crippen molar-refractivity contribution in [2.24, 2.45) is 7.05 Å². The number of ketones is 1. The van der Waals surface area contributed by atoms with E-state index in [0.29, 0.717) is 5.56 Å². The molecule has 0 aliphatic heterocycles. The van der Waals surface area contributed by atoms with Crippen molar-refractivity contribution < 1.29 is 22.0 Å². The number of halogens is 3. The molecule has 0 saturated carbocycles. The van der Waals surface area contributed by atoms with E-state index in [1.54, 1.807) is 0 Å². The number of aryl methyl sites for hydroxylation is 1. The first-order valence-electron chi connectivity index (χ1n) is 9.22. The molecule has 9 heteroatoms. The van der Waals surface area contributed by atoms with Crippen LogP contribution in [-0.2, 0) is 22.6 Å². The quantitative estimate of drug-likeness (QED) is 0.513. The van der Waals surface area contributed by atoms with Crippen molar-refractivity contribution in [3.63, 3.8) is 0 Å². The average Bonchev–Trinajstić information content (AvgIpc) is 2.70. The Kier molecular flexibility index (Phi) is 6.43. The highest BCUT2D eigenvalue weighted by molar-refractivity contribution is 7.90. The molecule has 0 spiro atoms. The van der Waals surface area contributed by atoms with E-state index < -0.39 is 32.8 Å². The maximum Gasteiger partial charge on any atom is 0.253 e. The molecular weight excluding hydrogens is 448 g/mol. The van der Waals surface area contributed by atoms with E-state index in [4.69, 9.17) is 11.6 Å². The average molecular weight is 466 g/mol. The summed E-state index contributed by atoms with van der Waals surface area (Å²) in [7, 11) is -1.96. The number of rotatable bonds is 6. The molecule has 2 aromatic carbocycles. The van der Waals surface area contributed by atoms with Gasteiger partial charge in [-0.25, -0.2) is 17.2 Å². The van der Waals surface area contributed by atoms with Crippen LogP contribution >= 0.6 is 11.6 Å². The number of hydrogen-bond acceptors (Lipinski definition) is 4. The lowest BCUT2D eigenvalue weighted by molar-refractivity contribution is 0.103. The van der Waals surface area contributed by atoms with E-state index in [-0.39, 0.29) is 38.8 Å². The minimum Gasteiger partial charge on any atom is -0.318 e. The number of aromatic nitrogens is 1. The third kappa shape index (κ3) is 4.91. The normalized spacial score (nSPS) is 11.5. The second kappa shape index (κ2) is 8.72. The molecule has 1 aromatic heterocycles. The predicted octanol–water partition coefficient (Wildman–Crippen LogP) is 4.15. The molecular formula is C22H18ClF2NO4S. The molecule has 0 fully saturated rings. The third-order valence-corrected chi connectivity index (χ3v) is 6.76. The minimum absolute atomic E-state index is 0.00322. The fraction of sp³-hybridized carbons (Fsp3) is 0.182. The van der Waals surface area contributed by atoms with Gasteiger partial charge in [0.05, 0.1) is 10.8 Å². The Hall–Kier alpha value is -2.84. The lowest BCUT2D eigenvalue weighted by Gasteiger charge is -2.14. The molecule has 0 atom stereocenters. The van der Waals surface area contributed by atoms with Crippen molar-refractivity contribution in [3.05, 3.63) is 92.4 Å². The zero-order valence-electron chi connectivity index (χ0n) is 16.7. The van der Waals surface area contributed by atoms with Gasteiger partial charge in [-0.15, -0.1) is 0 Å². The van der Waals surface area contributed by atoms with Gasteiger partial charge in [0.2, 0.25) is 0 Å². The van der Waals surface area contributed by atoms with Crippen molar-refractivity contribution in [3.8, 4) is 11.1 Å². The number of hydrogen-bond donors (Lipinski definition) is 0. The van der Waals surface area contributed by atoms with E-state index in [2.05, 4.69) is 0 Å². The fourth-order valence-corrected chi connectivity index (χ4v) is 4.23. The zero-order valence-corrected chi connectivity index (χ0v) is 18.2.